The number of thiazole rings is 1. The van der Waals surface area contributed by atoms with Gasteiger partial charge in [-0.3, -0.25) is 5.41 Å². The van der Waals surface area contributed by atoms with Gasteiger partial charge in [0.15, 0.2) is 11.0 Å². The number of nitrogens with one attached hydrogen (secondary N) is 2. The maximum Gasteiger partial charge on any atom is 0.338 e. The summed E-state index contributed by atoms with van der Waals surface area (Å²) in [5, 5.41) is 10.6. The van der Waals surface area contributed by atoms with Crippen LogP contribution in [-0.4, -0.2) is 27.2 Å². The van der Waals surface area contributed by atoms with Crippen LogP contribution in [-0.2, 0) is 4.74 Å². The average molecular weight is 367 g/mol. The molecular formula is C12H10Cl3N3O2S. The summed E-state index contributed by atoms with van der Waals surface area (Å²) in [6.07, 6.45) is 0. The molecule has 0 aliphatic carbocycles. The van der Waals surface area contributed by atoms with Gasteiger partial charge in [0.2, 0.25) is 3.79 Å². The molecule has 0 aliphatic heterocycles. The number of nitrogens with zero attached hydrogens (tertiary/aromatic N) is 1. The van der Waals surface area contributed by atoms with Gasteiger partial charge >= 0.3 is 5.97 Å². The Bertz CT molecular complexity index is 697. The third-order valence-corrected chi connectivity index (χ3v) is 3.92. The Morgan fingerprint density at radius 2 is 2.19 bits per heavy atom. The molecule has 2 N–H and O–H groups in total. The van der Waals surface area contributed by atoms with Crippen LogP contribution in [0.5, 0.6) is 0 Å². The number of rotatable bonds is 3. The molecule has 112 valence electrons. The van der Waals surface area contributed by atoms with Crippen molar-refractivity contribution in [2.45, 2.75) is 10.7 Å². The summed E-state index contributed by atoms with van der Waals surface area (Å²) in [5.74, 6) is -0.687. The number of ether oxygens (including phenoxy) is 1. The summed E-state index contributed by atoms with van der Waals surface area (Å²) in [4.78, 5) is 15.9. The van der Waals surface area contributed by atoms with Crippen molar-refractivity contribution in [2.24, 2.45) is 0 Å². The molecule has 0 fully saturated rings. The van der Waals surface area contributed by atoms with Crippen molar-refractivity contribution in [1.29, 1.82) is 5.41 Å². The molecule has 1 aromatic carbocycles. The fraction of sp³-hybridized carbons (Fsp3) is 0.250. The van der Waals surface area contributed by atoms with Crippen molar-refractivity contribution < 1.29 is 9.53 Å². The van der Waals surface area contributed by atoms with Gasteiger partial charge in [-0.1, -0.05) is 46.1 Å². The SMILES string of the molecule is CCOC(=O)c1ccc2nc(NC(=N)C(Cl)(Cl)Cl)sc2c1. The van der Waals surface area contributed by atoms with Crippen molar-refractivity contribution >= 4 is 73.3 Å². The number of fused-ring (bicyclic) bond motifs is 1. The van der Waals surface area contributed by atoms with E-state index in [2.05, 4.69) is 10.3 Å². The first kappa shape index (κ1) is 16.3. The lowest BCUT2D eigenvalue weighted by atomic mass is 10.2. The standard InChI is InChI=1S/C12H10Cl3N3O2S/c1-2-20-9(19)6-3-4-7-8(5-6)21-11(17-7)18-10(16)12(13,14)15/h3-5H,2H2,1H3,(H2,16,17,18). The van der Waals surface area contributed by atoms with Crippen molar-refractivity contribution in [3.8, 4) is 0 Å². The van der Waals surface area contributed by atoms with Gasteiger partial charge in [-0.15, -0.1) is 0 Å². The highest BCUT2D eigenvalue weighted by molar-refractivity contribution is 7.22. The molecule has 0 saturated heterocycles. The lowest BCUT2D eigenvalue weighted by Gasteiger charge is -2.11. The number of halogens is 3. The zero-order valence-corrected chi connectivity index (χ0v) is 13.8. The van der Waals surface area contributed by atoms with E-state index in [1.165, 1.54) is 11.3 Å². The average Bonchev–Trinajstić information content (AvgIpc) is 2.78. The van der Waals surface area contributed by atoms with E-state index < -0.39 is 9.76 Å². The summed E-state index contributed by atoms with van der Waals surface area (Å²) in [6.45, 7) is 2.06. The summed E-state index contributed by atoms with van der Waals surface area (Å²) in [6, 6.07) is 5.00. The molecule has 9 heteroatoms. The van der Waals surface area contributed by atoms with E-state index >= 15 is 0 Å². The second-order valence-corrected chi connectivity index (χ2v) is 7.23. The van der Waals surface area contributed by atoms with Crippen LogP contribution in [0.4, 0.5) is 5.13 Å². The molecule has 0 bridgehead atoms. The predicted octanol–water partition coefficient (Wildman–Crippen LogP) is 4.23. The zero-order valence-electron chi connectivity index (χ0n) is 10.7. The van der Waals surface area contributed by atoms with Gasteiger partial charge in [0.25, 0.3) is 0 Å². The van der Waals surface area contributed by atoms with Gasteiger partial charge in [-0.25, -0.2) is 9.78 Å². The van der Waals surface area contributed by atoms with Crippen molar-refractivity contribution in [3.05, 3.63) is 23.8 Å². The van der Waals surface area contributed by atoms with Crippen LogP contribution in [0, 0.1) is 5.41 Å². The Balaban J connectivity index is 2.26. The van der Waals surface area contributed by atoms with Crippen molar-refractivity contribution in [3.63, 3.8) is 0 Å². The normalized spacial score (nSPS) is 11.4. The number of carbonyl (C=O) groups excluding carboxylic acids is 1. The quantitative estimate of drug-likeness (QED) is 0.369. The molecule has 2 rings (SSSR count). The lowest BCUT2D eigenvalue weighted by molar-refractivity contribution is 0.0526. The number of amidine groups is 1. The van der Waals surface area contributed by atoms with Crippen LogP contribution >= 0.6 is 46.1 Å². The molecule has 0 amide bonds. The summed E-state index contributed by atoms with van der Waals surface area (Å²) in [7, 11) is 0. The Hall–Kier alpha value is -1.08. The predicted molar refractivity (Wildman–Crippen MR) is 87.2 cm³/mol. The number of anilines is 1. The summed E-state index contributed by atoms with van der Waals surface area (Å²) in [5.41, 5.74) is 1.11. The van der Waals surface area contributed by atoms with Crippen LogP contribution in [0.2, 0.25) is 0 Å². The highest BCUT2D eigenvalue weighted by Gasteiger charge is 2.27. The number of benzene rings is 1. The van der Waals surface area contributed by atoms with E-state index in [1.807, 2.05) is 0 Å². The molecule has 0 unspecified atom stereocenters. The number of alkyl halides is 3. The molecule has 2 aromatic rings. The maximum atomic E-state index is 11.7. The number of hydrogen-bond donors (Lipinski definition) is 2. The van der Waals surface area contributed by atoms with E-state index in [0.717, 1.165) is 4.70 Å². The largest absolute Gasteiger partial charge is 0.462 e. The van der Waals surface area contributed by atoms with Gasteiger partial charge in [0.05, 0.1) is 22.4 Å². The molecule has 5 nitrogen and oxygen atoms in total. The van der Waals surface area contributed by atoms with E-state index in [-0.39, 0.29) is 5.84 Å². The maximum absolute atomic E-state index is 11.7. The van der Waals surface area contributed by atoms with Crippen molar-refractivity contribution in [2.75, 3.05) is 11.9 Å². The third kappa shape index (κ3) is 3.97. The van der Waals surface area contributed by atoms with E-state index in [9.17, 15) is 4.79 Å². The molecule has 1 heterocycles. The second-order valence-electron chi connectivity index (χ2n) is 3.92. The monoisotopic (exact) mass is 365 g/mol. The highest BCUT2D eigenvalue weighted by Crippen LogP contribution is 2.31. The van der Waals surface area contributed by atoms with E-state index in [1.54, 1.807) is 25.1 Å². The van der Waals surface area contributed by atoms with Gasteiger partial charge < -0.3 is 10.1 Å². The molecule has 0 aliphatic rings. The number of esters is 1. The number of hydrogen-bond acceptors (Lipinski definition) is 5. The van der Waals surface area contributed by atoms with Crippen LogP contribution in [0.25, 0.3) is 10.2 Å². The molecule has 0 spiro atoms. The molecule has 1 aromatic heterocycles. The molecule has 0 radical (unpaired) electrons. The molecule has 21 heavy (non-hydrogen) atoms. The van der Waals surface area contributed by atoms with E-state index in [0.29, 0.717) is 22.8 Å². The van der Waals surface area contributed by atoms with Crippen LogP contribution < -0.4 is 5.32 Å². The van der Waals surface area contributed by atoms with Crippen LogP contribution in [0.1, 0.15) is 17.3 Å². The topological polar surface area (TPSA) is 75.1 Å². The minimum Gasteiger partial charge on any atom is -0.462 e. The van der Waals surface area contributed by atoms with E-state index in [4.69, 9.17) is 44.9 Å². The minimum absolute atomic E-state index is 0.294. The fourth-order valence-corrected chi connectivity index (χ4v) is 2.55. The third-order valence-electron chi connectivity index (χ3n) is 2.41. The first-order valence-electron chi connectivity index (χ1n) is 5.81. The van der Waals surface area contributed by atoms with Crippen LogP contribution in [0.15, 0.2) is 18.2 Å². The molecular weight excluding hydrogens is 357 g/mol. The van der Waals surface area contributed by atoms with Gasteiger partial charge in [0.1, 0.15) is 0 Å². The first-order chi connectivity index (χ1) is 9.81. The highest BCUT2D eigenvalue weighted by atomic mass is 35.6. The van der Waals surface area contributed by atoms with Gasteiger partial charge in [-0.2, -0.15) is 0 Å². The summed E-state index contributed by atoms with van der Waals surface area (Å²) < 4.78 is 3.86. The number of carbonyl (C=O) groups is 1. The second kappa shape index (κ2) is 6.36. The molecule has 0 saturated carbocycles. The minimum atomic E-state index is -1.84. The molecule has 0 atom stereocenters. The first-order valence-corrected chi connectivity index (χ1v) is 7.76. The summed E-state index contributed by atoms with van der Waals surface area (Å²) >= 11 is 18.0. The van der Waals surface area contributed by atoms with Gasteiger partial charge in [-0.05, 0) is 25.1 Å². The smallest absolute Gasteiger partial charge is 0.338 e. The zero-order chi connectivity index (χ0) is 15.6. The Kier molecular flexibility index (Phi) is 4.93. The Morgan fingerprint density at radius 3 is 2.81 bits per heavy atom. The fourth-order valence-electron chi connectivity index (χ4n) is 1.50. The van der Waals surface area contributed by atoms with Crippen LogP contribution in [0.3, 0.4) is 0 Å². The Labute approximate surface area is 139 Å². The van der Waals surface area contributed by atoms with Gasteiger partial charge in [0, 0.05) is 0 Å². The number of aromatic nitrogens is 1. The lowest BCUT2D eigenvalue weighted by Crippen LogP contribution is -2.26. The Morgan fingerprint density at radius 1 is 1.48 bits per heavy atom. The van der Waals surface area contributed by atoms with Crippen molar-refractivity contribution in [1.82, 2.24) is 4.98 Å².